The molecule has 0 radical (unpaired) electrons. The van der Waals surface area contributed by atoms with Gasteiger partial charge in [-0.25, -0.2) is 0 Å². The van der Waals surface area contributed by atoms with E-state index in [-0.39, 0.29) is 5.91 Å². The van der Waals surface area contributed by atoms with E-state index in [1.165, 1.54) is 11.3 Å². The van der Waals surface area contributed by atoms with Crippen LogP contribution in [0.4, 0.5) is 0 Å². The molecule has 2 aromatic rings. The lowest BCUT2D eigenvalue weighted by molar-refractivity contribution is 0.0475. The van der Waals surface area contributed by atoms with Crippen molar-refractivity contribution in [3.05, 3.63) is 56.2 Å². The monoisotopic (exact) mass is 367 g/mol. The summed E-state index contributed by atoms with van der Waals surface area (Å²) in [5, 5.41) is 15.2. The quantitative estimate of drug-likeness (QED) is 0.842. The number of thiophene rings is 1. The zero-order chi connectivity index (χ0) is 15.5. The fourth-order valence-electron chi connectivity index (χ4n) is 2.06. The Morgan fingerprint density at radius 3 is 2.62 bits per heavy atom. The first-order valence-corrected chi connectivity index (χ1v) is 8.39. The van der Waals surface area contributed by atoms with Gasteiger partial charge in [-0.05, 0) is 47.3 Å². The zero-order valence-electron chi connectivity index (χ0n) is 12.0. The number of benzene rings is 1. The minimum Gasteiger partial charge on any atom is -0.385 e. The molecule has 0 bridgehead atoms. The molecule has 1 aromatic heterocycles. The van der Waals surface area contributed by atoms with Crippen LogP contribution in [-0.4, -0.2) is 17.6 Å². The van der Waals surface area contributed by atoms with E-state index in [4.69, 9.17) is 0 Å². The van der Waals surface area contributed by atoms with E-state index in [9.17, 15) is 9.90 Å². The first kappa shape index (κ1) is 16.2. The average Bonchev–Trinajstić information content (AvgIpc) is 2.80. The van der Waals surface area contributed by atoms with E-state index in [0.717, 1.165) is 15.6 Å². The largest absolute Gasteiger partial charge is 0.385 e. The summed E-state index contributed by atoms with van der Waals surface area (Å²) in [7, 11) is 0. The number of aliphatic hydroxyl groups is 1. The van der Waals surface area contributed by atoms with Crippen molar-refractivity contribution in [1.29, 1.82) is 0 Å². The van der Waals surface area contributed by atoms with Gasteiger partial charge in [0.25, 0.3) is 5.91 Å². The van der Waals surface area contributed by atoms with Crippen molar-refractivity contribution in [1.82, 2.24) is 5.32 Å². The minimum atomic E-state index is -0.945. The van der Waals surface area contributed by atoms with E-state index >= 15 is 0 Å². The highest BCUT2D eigenvalue weighted by atomic mass is 79.9. The predicted molar refractivity (Wildman–Crippen MR) is 89.7 cm³/mol. The highest BCUT2D eigenvalue weighted by Crippen LogP contribution is 2.27. The van der Waals surface area contributed by atoms with Gasteiger partial charge in [0.05, 0.1) is 10.5 Å². The van der Waals surface area contributed by atoms with Gasteiger partial charge in [0, 0.05) is 16.4 Å². The van der Waals surface area contributed by atoms with Crippen molar-refractivity contribution >= 4 is 33.2 Å². The van der Waals surface area contributed by atoms with Gasteiger partial charge in [0.15, 0.2) is 0 Å². The molecule has 112 valence electrons. The molecule has 2 N–H and O–H groups in total. The molecule has 1 heterocycles. The van der Waals surface area contributed by atoms with E-state index in [1.54, 1.807) is 6.92 Å². The third kappa shape index (κ3) is 3.93. The Morgan fingerprint density at radius 2 is 2.05 bits per heavy atom. The fourth-order valence-corrected chi connectivity index (χ4v) is 3.53. The van der Waals surface area contributed by atoms with Crippen LogP contribution in [0.25, 0.3) is 0 Å². The number of carbonyl (C=O) groups excluding carboxylic acids is 1. The van der Waals surface area contributed by atoms with Gasteiger partial charge in [-0.2, -0.15) is 0 Å². The minimum absolute atomic E-state index is 0.0907. The maximum absolute atomic E-state index is 12.1. The standard InChI is InChI=1S/C16H18BrNO2S/c1-11-13(17)10-21-14(11)15(19)18-9-8-16(2,20)12-6-4-3-5-7-12/h3-7,10,20H,8-9H2,1-2H3,(H,18,19). The predicted octanol–water partition coefficient (Wildman–Crippen LogP) is 3.85. The van der Waals surface area contributed by atoms with Gasteiger partial charge in [-0.1, -0.05) is 30.3 Å². The van der Waals surface area contributed by atoms with Crippen LogP contribution in [-0.2, 0) is 5.60 Å². The molecule has 0 spiro atoms. The summed E-state index contributed by atoms with van der Waals surface area (Å²) >= 11 is 4.82. The van der Waals surface area contributed by atoms with Gasteiger partial charge in [0.1, 0.15) is 0 Å². The Balaban J connectivity index is 1.92. The molecule has 1 atom stereocenters. The van der Waals surface area contributed by atoms with Gasteiger partial charge in [-0.3, -0.25) is 4.79 Å². The molecule has 0 aliphatic heterocycles. The highest BCUT2D eigenvalue weighted by Gasteiger charge is 2.23. The highest BCUT2D eigenvalue weighted by molar-refractivity contribution is 9.10. The van der Waals surface area contributed by atoms with Crippen LogP contribution in [0, 0.1) is 6.92 Å². The molecule has 0 aliphatic carbocycles. The number of amides is 1. The molecule has 3 nitrogen and oxygen atoms in total. The Kier molecular flexibility index (Phi) is 5.19. The van der Waals surface area contributed by atoms with Crippen LogP contribution < -0.4 is 5.32 Å². The summed E-state index contributed by atoms with van der Waals surface area (Å²) in [6.07, 6.45) is 0.467. The summed E-state index contributed by atoms with van der Waals surface area (Å²) in [6, 6.07) is 9.49. The lowest BCUT2D eigenvalue weighted by atomic mass is 9.93. The summed E-state index contributed by atoms with van der Waals surface area (Å²) in [5.74, 6) is -0.0907. The molecular formula is C16H18BrNO2S. The van der Waals surface area contributed by atoms with Crippen molar-refractivity contribution in [3.63, 3.8) is 0 Å². The van der Waals surface area contributed by atoms with Crippen molar-refractivity contribution in [2.75, 3.05) is 6.54 Å². The number of halogens is 1. The number of carbonyl (C=O) groups is 1. The summed E-state index contributed by atoms with van der Waals surface area (Å²) < 4.78 is 0.953. The van der Waals surface area contributed by atoms with Gasteiger partial charge in [-0.15, -0.1) is 11.3 Å². The average molecular weight is 368 g/mol. The molecule has 2 rings (SSSR count). The number of nitrogens with one attached hydrogen (secondary N) is 1. The van der Waals surface area contributed by atoms with Gasteiger partial charge in [0.2, 0.25) is 0 Å². The second-order valence-corrected chi connectivity index (χ2v) is 6.92. The van der Waals surface area contributed by atoms with Gasteiger partial charge < -0.3 is 10.4 Å². The molecule has 5 heteroatoms. The SMILES string of the molecule is Cc1c(Br)csc1C(=O)NCCC(C)(O)c1ccccc1. The van der Waals surface area contributed by atoms with Crippen LogP contribution in [0.1, 0.15) is 34.1 Å². The maximum Gasteiger partial charge on any atom is 0.261 e. The van der Waals surface area contributed by atoms with Crippen molar-refractivity contribution < 1.29 is 9.90 Å². The van der Waals surface area contributed by atoms with E-state index in [2.05, 4.69) is 21.2 Å². The van der Waals surface area contributed by atoms with Crippen molar-refractivity contribution in [2.24, 2.45) is 0 Å². The molecule has 1 amide bonds. The second-order valence-electron chi connectivity index (χ2n) is 5.18. The molecular weight excluding hydrogens is 350 g/mol. The first-order valence-electron chi connectivity index (χ1n) is 6.71. The third-order valence-electron chi connectivity index (χ3n) is 3.48. The Hall–Kier alpha value is -1.17. The molecule has 0 saturated heterocycles. The fraction of sp³-hybridized carbons (Fsp3) is 0.312. The third-order valence-corrected chi connectivity index (χ3v) is 5.69. The first-order chi connectivity index (χ1) is 9.92. The molecule has 1 unspecified atom stereocenters. The second kappa shape index (κ2) is 6.73. The molecule has 21 heavy (non-hydrogen) atoms. The van der Waals surface area contributed by atoms with Crippen LogP contribution in [0.2, 0.25) is 0 Å². The molecule has 0 aliphatic rings. The Bertz CT molecular complexity index is 622. The van der Waals surface area contributed by atoms with Crippen molar-refractivity contribution in [3.8, 4) is 0 Å². The summed E-state index contributed by atoms with van der Waals surface area (Å²) in [6.45, 7) is 4.10. The van der Waals surface area contributed by atoms with E-state index < -0.39 is 5.60 Å². The lowest BCUT2D eigenvalue weighted by Crippen LogP contribution is -2.31. The number of hydrogen-bond acceptors (Lipinski definition) is 3. The van der Waals surface area contributed by atoms with Crippen LogP contribution in [0.15, 0.2) is 40.2 Å². The zero-order valence-corrected chi connectivity index (χ0v) is 14.4. The van der Waals surface area contributed by atoms with E-state index in [0.29, 0.717) is 17.8 Å². The molecule has 1 aromatic carbocycles. The maximum atomic E-state index is 12.1. The Labute approximate surface area is 137 Å². The Morgan fingerprint density at radius 1 is 1.38 bits per heavy atom. The topological polar surface area (TPSA) is 49.3 Å². The normalized spacial score (nSPS) is 13.7. The summed E-state index contributed by atoms with van der Waals surface area (Å²) in [4.78, 5) is 12.8. The molecule has 0 saturated carbocycles. The van der Waals surface area contributed by atoms with Crippen molar-refractivity contribution in [2.45, 2.75) is 25.9 Å². The molecule has 0 fully saturated rings. The van der Waals surface area contributed by atoms with E-state index in [1.807, 2.05) is 42.6 Å². The number of rotatable bonds is 5. The van der Waals surface area contributed by atoms with Gasteiger partial charge >= 0.3 is 0 Å². The number of hydrogen-bond donors (Lipinski definition) is 2. The van der Waals surface area contributed by atoms with Crippen LogP contribution in [0.5, 0.6) is 0 Å². The van der Waals surface area contributed by atoms with Crippen LogP contribution in [0.3, 0.4) is 0 Å². The summed E-state index contributed by atoms with van der Waals surface area (Å²) in [5.41, 5.74) is 0.862. The lowest BCUT2D eigenvalue weighted by Gasteiger charge is -2.23. The van der Waals surface area contributed by atoms with Crippen LogP contribution >= 0.6 is 27.3 Å². The smallest absolute Gasteiger partial charge is 0.261 e.